The van der Waals surface area contributed by atoms with Crippen molar-refractivity contribution in [3.05, 3.63) is 0 Å². The molecular formula is C17H32N4O5. The summed E-state index contributed by atoms with van der Waals surface area (Å²) in [5, 5.41) is 16.5. The summed E-state index contributed by atoms with van der Waals surface area (Å²) in [6, 6.07) is -3.60. The van der Waals surface area contributed by atoms with Gasteiger partial charge in [-0.15, -0.1) is 0 Å². The molecule has 26 heavy (non-hydrogen) atoms. The van der Waals surface area contributed by atoms with E-state index in [-0.39, 0.29) is 11.8 Å². The van der Waals surface area contributed by atoms with E-state index in [0.717, 1.165) is 0 Å². The monoisotopic (exact) mass is 372 g/mol. The zero-order valence-electron chi connectivity index (χ0n) is 16.3. The first-order valence-corrected chi connectivity index (χ1v) is 8.76. The molecule has 0 aliphatic rings. The minimum atomic E-state index is -1.17. The van der Waals surface area contributed by atoms with Gasteiger partial charge in [-0.3, -0.25) is 19.2 Å². The van der Waals surface area contributed by atoms with Crippen molar-refractivity contribution in [3.8, 4) is 0 Å². The van der Waals surface area contributed by atoms with Crippen molar-refractivity contribution in [3.63, 3.8) is 0 Å². The molecule has 0 aromatic heterocycles. The number of carbonyl (C=O) groups is 4. The van der Waals surface area contributed by atoms with Crippen molar-refractivity contribution < 1.29 is 24.3 Å². The van der Waals surface area contributed by atoms with Crippen LogP contribution in [0.4, 0.5) is 0 Å². The number of carboxylic acid groups (broad SMARTS) is 1. The summed E-state index contributed by atoms with van der Waals surface area (Å²) in [7, 11) is 0. The maximum atomic E-state index is 12.6. The molecular weight excluding hydrogens is 340 g/mol. The number of hydrogen-bond donors (Lipinski definition) is 5. The van der Waals surface area contributed by atoms with Gasteiger partial charge in [-0.25, -0.2) is 0 Å². The Kier molecular flexibility index (Phi) is 9.85. The summed E-state index contributed by atoms with van der Waals surface area (Å²) >= 11 is 0. The quantitative estimate of drug-likeness (QED) is 0.352. The summed E-state index contributed by atoms with van der Waals surface area (Å²) in [6.45, 7) is 10.1. The lowest BCUT2D eigenvalue weighted by molar-refractivity contribution is -0.142. The molecule has 3 amide bonds. The zero-order valence-corrected chi connectivity index (χ0v) is 16.3. The van der Waals surface area contributed by atoms with E-state index in [9.17, 15) is 19.2 Å². The van der Waals surface area contributed by atoms with Crippen LogP contribution in [0.5, 0.6) is 0 Å². The third-order valence-electron chi connectivity index (χ3n) is 3.73. The van der Waals surface area contributed by atoms with Crippen LogP contribution in [0.1, 0.15) is 48.0 Å². The smallest absolute Gasteiger partial charge is 0.325 e. The Morgan fingerprint density at radius 2 is 1.38 bits per heavy atom. The molecule has 0 saturated heterocycles. The minimum absolute atomic E-state index is 0.0855. The van der Waals surface area contributed by atoms with E-state index in [1.165, 1.54) is 13.8 Å². The third-order valence-corrected chi connectivity index (χ3v) is 3.73. The second kappa shape index (κ2) is 10.7. The summed E-state index contributed by atoms with van der Waals surface area (Å²) in [5.74, 6) is -2.87. The molecule has 0 aromatic rings. The predicted molar refractivity (Wildman–Crippen MR) is 97.0 cm³/mol. The van der Waals surface area contributed by atoms with Crippen LogP contribution >= 0.6 is 0 Å². The van der Waals surface area contributed by atoms with Crippen molar-refractivity contribution in [1.82, 2.24) is 16.0 Å². The second-order valence-corrected chi connectivity index (χ2v) is 7.28. The topological polar surface area (TPSA) is 151 Å². The average Bonchev–Trinajstić information content (AvgIpc) is 2.50. The highest BCUT2D eigenvalue weighted by molar-refractivity contribution is 5.94. The van der Waals surface area contributed by atoms with Gasteiger partial charge >= 0.3 is 5.97 Å². The van der Waals surface area contributed by atoms with Crippen molar-refractivity contribution >= 4 is 23.7 Å². The number of carboxylic acids is 1. The number of nitrogens with two attached hydrogens (primary N) is 1. The molecule has 9 nitrogen and oxygen atoms in total. The fourth-order valence-corrected chi connectivity index (χ4v) is 2.16. The van der Waals surface area contributed by atoms with Crippen LogP contribution in [0.25, 0.3) is 0 Å². The van der Waals surface area contributed by atoms with Crippen LogP contribution in [0.3, 0.4) is 0 Å². The molecule has 0 bridgehead atoms. The van der Waals surface area contributed by atoms with E-state index in [1.807, 2.05) is 13.8 Å². The van der Waals surface area contributed by atoms with Gasteiger partial charge in [0.1, 0.15) is 18.1 Å². The number of aliphatic carboxylic acids is 1. The first-order chi connectivity index (χ1) is 11.9. The standard InChI is InChI=1S/C17H32N4O5/c1-8(2)7-12(15(23)19-11(6)17(25)26)20-16(24)13(9(3)4)21-14(22)10(5)18/h8-13H,7,18H2,1-6H3,(H,19,23)(H,20,24)(H,21,22)(H,25,26). The van der Waals surface area contributed by atoms with E-state index in [1.54, 1.807) is 13.8 Å². The summed E-state index contributed by atoms with van der Waals surface area (Å²) in [5.41, 5.74) is 5.52. The number of amides is 3. The number of carbonyl (C=O) groups excluding carboxylic acids is 3. The third kappa shape index (κ3) is 8.28. The lowest BCUT2D eigenvalue weighted by Gasteiger charge is -2.27. The van der Waals surface area contributed by atoms with Crippen molar-refractivity contribution in [1.29, 1.82) is 0 Å². The molecule has 150 valence electrons. The van der Waals surface area contributed by atoms with Crippen LogP contribution in [0, 0.1) is 11.8 Å². The average molecular weight is 372 g/mol. The highest BCUT2D eigenvalue weighted by Gasteiger charge is 2.30. The molecule has 0 aliphatic carbocycles. The predicted octanol–water partition coefficient (Wildman–Crippen LogP) is -0.405. The van der Waals surface area contributed by atoms with Gasteiger partial charge in [0.15, 0.2) is 0 Å². The van der Waals surface area contributed by atoms with Gasteiger partial charge in [-0.2, -0.15) is 0 Å². The zero-order chi connectivity index (χ0) is 20.6. The van der Waals surface area contributed by atoms with Crippen LogP contribution in [0.15, 0.2) is 0 Å². The number of rotatable bonds is 10. The van der Waals surface area contributed by atoms with Gasteiger partial charge in [0, 0.05) is 0 Å². The van der Waals surface area contributed by atoms with Crippen LogP contribution in [-0.4, -0.2) is 53.0 Å². The summed E-state index contributed by atoms with van der Waals surface area (Å²) in [6.07, 6.45) is 0.329. The molecule has 0 saturated carbocycles. The maximum absolute atomic E-state index is 12.6. The first-order valence-electron chi connectivity index (χ1n) is 8.76. The van der Waals surface area contributed by atoms with Gasteiger partial charge < -0.3 is 26.8 Å². The van der Waals surface area contributed by atoms with Crippen LogP contribution in [-0.2, 0) is 19.2 Å². The summed E-state index contributed by atoms with van der Waals surface area (Å²) in [4.78, 5) is 47.7. The Bertz CT molecular complexity index is 519. The Labute approximate surface area is 154 Å². The maximum Gasteiger partial charge on any atom is 0.325 e. The highest BCUT2D eigenvalue weighted by Crippen LogP contribution is 2.08. The number of hydrogen-bond acceptors (Lipinski definition) is 5. The van der Waals surface area contributed by atoms with E-state index in [0.29, 0.717) is 6.42 Å². The molecule has 0 aromatic carbocycles. The lowest BCUT2D eigenvalue weighted by atomic mass is 9.99. The van der Waals surface area contributed by atoms with Crippen LogP contribution in [0.2, 0.25) is 0 Å². The van der Waals surface area contributed by atoms with Crippen molar-refractivity contribution in [2.75, 3.05) is 0 Å². The molecule has 0 heterocycles. The van der Waals surface area contributed by atoms with Gasteiger partial charge in [0.25, 0.3) is 0 Å². The minimum Gasteiger partial charge on any atom is -0.480 e. The highest BCUT2D eigenvalue weighted by atomic mass is 16.4. The molecule has 4 atom stereocenters. The van der Waals surface area contributed by atoms with Gasteiger partial charge in [-0.1, -0.05) is 27.7 Å². The van der Waals surface area contributed by atoms with Gasteiger partial charge in [0.2, 0.25) is 17.7 Å². The number of nitrogens with one attached hydrogen (secondary N) is 3. The molecule has 9 heteroatoms. The fraction of sp³-hybridized carbons (Fsp3) is 0.765. The molecule has 4 unspecified atom stereocenters. The Morgan fingerprint density at radius 3 is 1.77 bits per heavy atom. The Morgan fingerprint density at radius 1 is 0.846 bits per heavy atom. The molecule has 0 spiro atoms. The van der Waals surface area contributed by atoms with Gasteiger partial charge in [-0.05, 0) is 32.1 Å². The van der Waals surface area contributed by atoms with E-state index in [4.69, 9.17) is 10.8 Å². The van der Waals surface area contributed by atoms with Crippen molar-refractivity contribution in [2.45, 2.75) is 72.1 Å². The molecule has 0 fully saturated rings. The molecule has 0 rings (SSSR count). The fourth-order valence-electron chi connectivity index (χ4n) is 2.16. The largest absolute Gasteiger partial charge is 0.480 e. The molecule has 6 N–H and O–H groups in total. The van der Waals surface area contributed by atoms with E-state index in [2.05, 4.69) is 16.0 Å². The lowest BCUT2D eigenvalue weighted by Crippen LogP contribution is -2.58. The molecule has 0 aliphatic heterocycles. The normalized spacial score (nSPS) is 15.7. The van der Waals surface area contributed by atoms with E-state index >= 15 is 0 Å². The van der Waals surface area contributed by atoms with E-state index < -0.39 is 47.9 Å². The van der Waals surface area contributed by atoms with Crippen LogP contribution < -0.4 is 21.7 Å². The van der Waals surface area contributed by atoms with Crippen molar-refractivity contribution in [2.24, 2.45) is 17.6 Å². The Hall–Kier alpha value is -2.16. The first kappa shape index (κ1) is 23.8. The van der Waals surface area contributed by atoms with Gasteiger partial charge in [0.05, 0.1) is 6.04 Å². The Balaban J connectivity index is 5.21. The molecule has 0 radical (unpaired) electrons. The second-order valence-electron chi connectivity index (χ2n) is 7.28. The SMILES string of the molecule is CC(C)CC(NC(=O)C(NC(=O)C(C)N)C(C)C)C(=O)NC(C)C(=O)O. The summed E-state index contributed by atoms with van der Waals surface area (Å²) < 4.78 is 0.